The number of carbonyl (C=O) groups excluding carboxylic acids is 1. The van der Waals surface area contributed by atoms with E-state index < -0.39 is 11.6 Å². The second-order valence-electron chi connectivity index (χ2n) is 7.18. The number of halogens is 3. The van der Waals surface area contributed by atoms with Crippen molar-refractivity contribution in [1.82, 2.24) is 10.3 Å². The minimum absolute atomic E-state index is 0.0341. The number of rotatable bonds is 7. The van der Waals surface area contributed by atoms with Crippen molar-refractivity contribution < 1.29 is 18.0 Å². The zero-order valence-electron chi connectivity index (χ0n) is 15.5. The third-order valence-corrected chi connectivity index (χ3v) is 5.21. The average Bonchev–Trinajstić information content (AvgIpc) is 3.43. The van der Waals surface area contributed by atoms with Gasteiger partial charge in [0.2, 0.25) is 5.91 Å². The predicted octanol–water partition coefficient (Wildman–Crippen LogP) is 5.47. The molecule has 0 radical (unpaired) electrons. The normalized spacial score (nSPS) is 14.6. The number of hydrogen-bond donors (Lipinski definition) is 1. The van der Waals surface area contributed by atoms with E-state index in [0.29, 0.717) is 16.8 Å². The van der Waals surface area contributed by atoms with Crippen LogP contribution >= 0.6 is 11.6 Å². The van der Waals surface area contributed by atoms with Crippen LogP contribution in [0.5, 0.6) is 0 Å². The van der Waals surface area contributed by atoms with E-state index in [1.54, 1.807) is 0 Å². The molecule has 0 spiro atoms. The van der Waals surface area contributed by atoms with Gasteiger partial charge in [0.25, 0.3) is 0 Å². The van der Waals surface area contributed by atoms with Crippen LogP contribution in [0.1, 0.15) is 36.8 Å². The lowest BCUT2D eigenvalue weighted by molar-refractivity contribution is -0.122. The van der Waals surface area contributed by atoms with E-state index in [-0.39, 0.29) is 36.1 Å². The van der Waals surface area contributed by atoms with Gasteiger partial charge in [-0.05, 0) is 48.6 Å². The molecule has 0 aliphatic heterocycles. The van der Waals surface area contributed by atoms with Crippen LogP contribution in [0.2, 0.25) is 5.02 Å². The lowest BCUT2D eigenvalue weighted by atomic mass is 10.0. The Bertz CT molecular complexity index is 1020. The van der Waals surface area contributed by atoms with Gasteiger partial charge < -0.3 is 9.73 Å². The smallest absolute Gasteiger partial charge is 0.221 e. The summed E-state index contributed by atoms with van der Waals surface area (Å²) < 4.78 is 32.5. The van der Waals surface area contributed by atoms with Crippen LogP contribution in [-0.2, 0) is 11.2 Å². The monoisotopic (exact) mass is 416 g/mol. The first-order valence-electron chi connectivity index (χ1n) is 9.44. The fourth-order valence-corrected chi connectivity index (χ4v) is 3.40. The number of carbonyl (C=O) groups is 1. The van der Waals surface area contributed by atoms with Gasteiger partial charge in [0.1, 0.15) is 11.6 Å². The maximum absolute atomic E-state index is 13.9. The second-order valence-corrected chi connectivity index (χ2v) is 7.61. The molecule has 2 aromatic carbocycles. The van der Waals surface area contributed by atoms with E-state index in [2.05, 4.69) is 10.3 Å². The highest BCUT2D eigenvalue weighted by Crippen LogP contribution is 2.41. The van der Waals surface area contributed by atoms with Crippen molar-refractivity contribution in [3.05, 3.63) is 76.8 Å². The number of aromatic nitrogens is 1. The summed E-state index contributed by atoms with van der Waals surface area (Å²) in [7, 11) is 0. The minimum Gasteiger partial charge on any atom is -0.441 e. The van der Waals surface area contributed by atoms with Crippen molar-refractivity contribution >= 4 is 17.5 Å². The number of nitrogens with zero attached hydrogens (tertiary/aromatic N) is 1. The van der Waals surface area contributed by atoms with Crippen molar-refractivity contribution in [2.75, 3.05) is 0 Å². The maximum Gasteiger partial charge on any atom is 0.221 e. The van der Waals surface area contributed by atoms with Crippen molar-refractivity contribution in [2.45, 2.75) is 31.7 Å². The summed E-state index contributed by atoms with van der Waals surface area (Å²) in [6, 6.07) is 10.7. The molecule has 4 rings (SSSR count). The molecule has 1 aliphatic carbocycles. The molecule has 1 atom stereocenters. The Labute approximate surface area is 171 Å². The fourth-order valence-electron chi connectivity index (χ4n) is 3.28. The number of nitrogens with one attached hydrogen (secondary N) is 1. The number of aryl methyl sites for hydroxylation is 1. The Kier molecular flexibility index (Phi) is 5.62. The summed E-state index contributed by atoms with van der Waals surface area (Å²) in [5.74, 6) is -0.517. The summed E-state index contributed by atoms with van der Waals surface area (Å²) in [5, 5.41) is 3.74. The molecule has 1 amide bonds. The standard InChI is InChI=1S/C22H19ClF2N2O2/c23-15-5-3-14(4-6-15)22(13-1-2-13)27-20(28)9-10-21-26-12-19(29-21)17-8-7-16(24)11-18(17)25/h3-8,11-13,22H,1-2,9-10H2,(H,27,28). The van der Waals surface area contributed by atoms with Crippen LogP contribution in [-0.4, -0.2) is 10.9 Å². The molecule has 1 aromatic heterocycles. The number of oxazole rings is 1. The van der Waals surface area contributed by atoms with Gasteiger partial charge in [0.05, 0.1) is 17.8 Å². The van der Waals surface area contributed by atoms with Crippen LogP contribution in [0.15, 0.2) is 53.1 Å². The molecule has 1 aliphatic rings. The van der Waals surface area contributed by atoms with E-state index >= 15 is 0 Å². The van der Waals surface area contributed by atoms with E-state index in [1.165, 1.54) is 12.3 Å². The molecule has 7 heteroatoms. The summed E-state index contributed by atoms with van der Waals surface area (Å²) in [6.45, 7) is 0. The first kappa shape index (κ1) is 19.6. The van der Waals surface area contributed by atoms with Crippen LogP contribution in [0.4, 0.5) is 8.78 Å². The van der Waals surface area contributed by atoms with Gasteiger partial charge in [-0.2, -0.15) is 0 Å². The van der Waals surface area contributed by atoms with Crippen molar-refractivity contribution in [3.8, 4) is 11.3 Å². The SMILES string of the molecule is O=C(CCc1ncc(-c2ccc(F)cc2F)o1)NC(c1ccc(Cl)cc1)C1CC1. The van der Waals surface area contributed by atoms with Gasteiger partial charge in [-0.3, -0.25) is 4.79 Å². The second kappa shape index (κ2) is 8.33. The Morgan fingerprint density at radius 2 is 1.97 bits per heavy atom. The highest BCUT2D eigenvalue weighted by Gasteiger charge is 2.33. The lowest BCUT2D eigenvalue weighted by Gasteiger charge is -2.18. The molecule has 3 aromatic rings. The van der Waals surface area contributed by atoms with E-state index in [0.717, 1.165) is 30.5 Å². The van der Waals surface area contributed by atoms with Crippen LogP contribution < -0.4 is 5.32 Å². The molecular weight excluding hydrogens is 398 g/mol. The first-order valence-corrected chi connectivity index (χ1v) is 9.82. The summed E-state index contributed by atoms with van der Waals surface area (Å²) in [4.78, 5) is 16.6. The van der Waals surface area contributed by atoms with E-state index in [9.17, 15) is 13.6 Å². The third kappa shape index (κ3) is 4.82. The van der Waals surface area contributed by atoms with Crippen molar-refractivity contribution in [1.29, 1.82) is 0 Å². The number of amides is 1. The molecular formula is C22H19ClF2N2O2. The number of hydrogen-bond acceptors (Lipinski definition) is 3. The average molecular weight is 417 g/mol. The summed E-state index contributed by atoms with van der Waals surface area (Å²) >= 11 is 5.95. The van der Waals surface area contributed by atoms with Gasteiger partial charge in [0, 0.05) is 23.9 Å². The van der Waals surface area contributed by atoms with Crippen LogP contribution in [0.3, 0.4) is 0 Å². The highest BCUT2D eigenvalue weighted by molar-refractivity contribution is 6.30. The van der Waals surface area contributed by atoms with Gasteiger partial charge >= 0.3 is 0 Å². The molecule has 1 N–H and O–H groups in total. The zero-order valence-corrected chi connectivity index (χ0v) is 16.3. The topological polar surface area (TPSA) is 55.1 Å². The molecule has 150 valence electrons. The Balaban J connectivity index is 1.37. The summed E-state index contributed by atoms with van der Waals surface area (Å²) in [5.41, 5.74) is 1.17. The van der Waals surface area contributed by atoms with Crippen molar-refractivity contribution in [2.24, 2.45) is 5.92 Å². The molecule has 1 unspecified atom stereocenters. The third-order valence-electron chi connectivity index (χ3n) is 4.96. The highest BCUT2D eigenvalue weighted by atomic mass is 35.5. The predicted molar refractivity (Wildman–Crippen MR) is 105 cm³/mol. The lowest BCUT2D eigenvalue weighted by Crippen LogP contribution is -2.30. The van der Waals surface area contributed by atoms with Gasteiger partial charge in [0.15, 0.2) is 11.7 Å². The zero-order chi connectivity index (χ0) is 20.4. The van der Waals surface area contributed by atoms with Crippen molar-refractivity contribution in [3.63, 3.8) is 0 Å². The van der Waals surface area contributed by atoms with E-state index in [1.807, 2.05) is 24.3 Å². The Morgan fingerprint density at radius 3 is 2.66 bits per heavy atom. The van der Waals surface area contributed by atoms with Crippen LogP contribution in [0.25, 0.3) is 11.3 Å². The molecule has 4 nitrogen and oxygen atoms in total. The largest absolute Gasteiger partial charge is 0.441 e. The molecule has 0 bridgehead atoms. The quantitative estimate of drug-likeness (QED) is 0.555. The molecule has 0 saturated heterocycles. The van der Waals surface area contributed by atoms with Gasteiger partial charge in [-0.1, -0.05) is 23.7 Å². The molecule has 1 heterocycles. The Morgan fingerprint density at radius 1 is 1.21 bits per heavy atom. The Hall–Kier alpha value is -2.73. The molecule has 1 saturated carbocycles. The maximum atomic E-state index is 13.9. The minimum atomic E-state index is -0.722. The summed E-state index contributed by atoms with van der Waals surface area (Å²) in [6.07, 6.45) is 4.03. The van der Waals surface area contributed by atoms with E-state index in [4.69, 9.17) is 16.0 Å². The van der Waals surface area contributed by atoms with Gasteiger partial charge in [-0.15, -0.1) is 0 Å². The van der Waals surface area contributed by atoms with Gasteiger partial charge in [-0.25, -0.2) is 13.8 Å². The number of benzene rings is 2. The molecule has 1 fully saturated rings. The first-order chi connectivity index (χ1) is 14.0. The fraction of sp³-hybridized carbons (Fsp3) is 0.273. The molecule has 29 heavy (non-hydrogen) atoms. The van der Waals surface area contributed by atoms with Crippen LogP contribution in [0, 0.1) is 17.6 Å².